The molecule has 0 spiro atoms. The van der Waals surface area contributed by atoms with E-state index < -0.39 is 70.5 Å². The number of hydrogen-bond donors (Lipinski definition) is 8. The van der Waals surface area contributed by atoms with Crippen LogP contribution in [-0.4, -0.2) is 100 Å². The van der Waals surface area contributed by atoms with Crippen LogP contribution in [0.1, 0.15) is 37.1 Å². The monoisotopic (exact) mass is 834 g/mol. The third kappa shape index (κ3) is 7.99. The van der Waals surface area contributed by atoms with E-state index >= 15 is 0 Å². The number of nitrogens with zero attached hydrogens (tertiary/aromatic N) is 3. The number of phenolic OH excluding ortho intramolecular Hbond substituents is 1. The lowest BCUT2D eigenvalue weighted by Gasteiger charge is -2.49. The van der Waals surface area contributed by atoms with Crippen LogP contribution < -0.4 is 27.8 Å². The van der Waals surface area contributed by atoms with Gasteiger partial charge in [-0.15, -0.1) is 23.5 Å². The van der Waals surface area contributed by atoms with Gasteiger partial charge in [0.15, 0.2) is 5.13 Å². The summed E-state index contributed by atoms with van der Waals surface area (Å²) in [6.45, 7) is 3.55. The van der Waals surface area contributed by atoms with Gasteiger partial charge in [0.25, 0.3) is 11.8 Å². The summed E-state index contributed by atoms with van der Waals surface area (Å²) in [6, 6.07) is 7.45. The van der Waals surface area contributed by atoms with E-state index in [9.17, 15) is 44.1 Å². The zero-order chi connectivity index (χ0) is 41.3. The van der Waals surface area contributed by atoms with Gasteiger partial charge in [0.1, 0.15) is 52.1 Å². The number of amides is 4. The Morgan fingerprint density at radius 2 is 1.25 bits per heavy atom. The average molecular weight is 835 g/mol. The average Bonchev–Trinajstić information content (AvgIpc) is 3.57. The van der Waals surface area contributed by atoms with E-state index in [4.69, 9.17) is 17.2 Å². The van der Waals surface area contributed by atoms with Crippen LogP contribution >= 0.6 is 34.9 Å². The predicted molar refractivity (Wildman–Crippen MR) is 215 cm³/mol. The topological polar surface area (TPSA) is 285 Å². The summed E-state index contributed by atoms with van der Waals surface area (Å²) >= 11 is 4.09. The van der Waals surface area contributed by atoms with Crippen molar-refractivity contribution in [1.82, 2.24) is 25.4 Å². The number of nitrogens with one attached hydrogen (secondary N) is 2. The molecule has 298 valence electrons. The number of β-lactam (4-membered cyclic amide) rings is 2. The van der Waals surface area contributed by atoms with Gasteiger partial charge in [0.2, 0.25) is 11.8 Å². The first-order chi connectivity index (χ1) is 27.2. The molecule has 0 aliphatic carbocycles. The fraction of sp³-hybridized carbons (Fsp3) is 0.270. The van der Waals surface area contributed by atoms with Gasteiger partial charge in [-0.3, -0.25) is 29.0 Å². The summed E-state index contributed by atoms with van der Waals surface area (Å²) in [5.41, 5.74) is 20.6. The number of anilines is 1. The third-order valence-corrected chi connectivity index (χ3v) is 12.8. The van der Waals surface area contributed by atoms with Crippen LogP contribution in [0.25, 0.3) is 10.2 Å². The SMILES string of the molecule is C/C=C\C1=C(C(=O)O)N2C(=O)C(NC(=O)C(N)c3ccc(O)cc3)C2SC1.C/C=C\C1=C(C(=O)O)N2C(=O)C(NC(=O)C(N)c3ccc4nc(N)sc4c3)C2SC1. The highest BCUT2D eigenvalue weighted by atomic mass is 32.2. The number of carboxylic acids is 2. The molecule has 6 unspecified atom stereocenters. The van der Waals surface area contributed by atoms with Crippen LogP contribution in [0.4, 0.5) is 5.13 Å². The number of phenols is 1. The zero-order valence-electron chi connectivity index (χ0n) is 30.3. The number of nitrogens with two attached hydrogens (primary N) is 3. The van der Waals surface area contributed by atoms with Crippen LogP contribution in [0, 0.1) is 0 Å². The van der Waals surface area contributed by atoms with Crippen molar-refractivity contribution >= 4 is 85.8 Å². The molecule has 0 bridgehead atoms. The van der Waals surface area contributed by atoms with Crippen molar-refractivity contribution in [3.8, 4) is 5.75 Å². The van der Waals surface area contributed by atoms with Gasteiger partial charge in [-0.25, -0.2) is 14.6 Å². The normalized spacial score (nSPS) is 22.6. The van der Waals surface area contributed by atoms with Gasteiger partial charge in [-0.1, -0.05) is 53.8 Å². The van der Waals surface area contributed by atoms with Gasteiger partial charge < -0.3 is 43.2 Å². The predicted octanol–water partition coefficient (Wildman–Crippen LogP) is 1.90. The molecule has 0 radical (unpaired) electrons. The number of nitrogen functional groups attached to an aromatic ring is 1. The van der Waals surface area contributed by atoms with Crippen molar-refractivity contribution in [2.24, 2.45) is 11.5 Å². The summed E-state index contributed by atoms with van der Waals surface area (Å²) in [6.07, 6.45) is 6.81. The number of carbonyl (C=O) groups excluding carboxylic acids is 4. The highest BCUT2D eigenvalue weighted by Crippen LogP contribution is 2.42. The second kappa shape index (κ2) is 16.8. The molecule has 6 atom stereocenters. The summed E-state index contributed by atoms with van der Waals surface area (Å²) < 4.78 is 0.815. The maximum atomic E-state index is 12.7. The van der Waals surface area contributed by atoms with E-state index in [1.54, 1.807) is 56.4 Å². The summed E-state index contributed by atoms with van der Waals surface area (Å²) in [5, 5.41) is 33.1. The number of allylic oxidation sites excluding steroid dienone is 4. The third-order valence-electron chi connectivity index (χ3n) is 9.34. The highest BCUT2D eigenvalue weighted by molar-refractivity contribution is 8.00. The number of aliphatic carboxylic acids is 2. The molecular formula is C37H38N8O9S3. The van der Waals surface area contributed by atoms with Crippen molar-refractivity contribution < 1.29 is 44.1 Å². The van der Waals surface area contributed by atoms with Gasteiger partial charge in [0.05, 0.1) is 10.2 Å². The van der Waals surface area contributed by atoms with Gasteiger partial charge in [-0.05, 0) is 60.4 Å². The van der Waals surface area contributed by atoms with E-state index in [2.05, 4.69) is 15.6 Å². The largest absolute Gasteiger partial charge is 0.508 e. The number of aromatic nitrogens is 1. The molecule has 2 saturated heterocycles. The molecule has 4 aliphatic rings. The fourth-order valence-electron chi connectivity index (χ4n) is 6.57. The van der Waals surface area contributed by atoms with Crippen LogP contribution in [0.3, 0.4) is 0 Å². The van der Waals surface area contributed by atoms with Crippen LogP contribution in [0.15, 0.2) is 89.3 Å². The Morgan fingerprint density at radius 3 is 1.70 bits per heavy atom. The molecule has 57 heavy (non-hydrogen) atoms. The molecular weight excluding hydrogens is 797 g/mol. The van der Waals surface area contributed by atoms with E-state index in [1.165, 1.54) is 68.9 Å². The standard InChI is InChI=1S/C19H19N5O4S2.C18H19N3O5S/c1-2-3-9-7-29-17-13(16(26)24(17)14(9)18(27)28)23-15(25)12(20)8-4-5-10-11(6-8)30-19(21)22-10;1-2-3-10-8-27-17-13(16(24)21(17)14(10)18(25)26)20-15(23)12(19)9-4-6-11(22)7-5-9/h2-6,12-13,17H,7,20H2,1H3,(H2,21,22)(H,23,25)(H,27,28);2-7,12-13,17,22H,8,19H2,1H3,(H,20,23)(H,25,26)/b2*3-2-. The van der Waals surface area contributed by atoms with Crippen molar-refractivity contribution in [2.45, 2.75) is 48.8 Å². The lowest BCUT2D eigenvalue weighted by molar-refractivity contribution is -0.150. The number of carboxylic acid groups (broad SMARTS) is 2. The Hall–Kier alpha value is -5.67. The Labute approximate surface area is 337 Å². The number of thiazole rings is 1. The number of hydrogen-bond acceptors (Lipinski definition) is 14. The van der Waals surface area contributed by atoms with Crippen molar-refractivity contribution in [3.63, 3.8) is 0 Å². The minimum Gasteiger partial charge on any atom is -0.508 e. The van der Waals surface area contributed by atoms with Crippen molar-refractivity contribution in [2.75, 3.05) is 17.2 Å². The van der Waals surface area contributed by atoms with E-state index in [0.29, 0.717) is 38.9 Å². The minimum atomic E-state index is -1.17. The van der Waals surface area contributed by atoms with Gasteiger partial charge >= 0.3 is 11.9 Å². The van der Waals surface area contributed by atoms with Crippen molar-refractivity contribution in [3.05, 3.63) is 100 Å². The van der Waals surface area contributed by atoms with Crippen LogP contribution in [0.2, 0.25) is 0 Å². The molecule has 3 aromatic rings. The second-order valence-corrected chi connectivity index (χ2v) is 16.2. The Morgan fingerprint density at radius 1 is 0.789 bits per heavy atom. The number of carbonyl (C=O) groups is 6. The van der Waals surface area contributed by atoms with Gasteiger partial charge in [-0.2, -0.15) is 0 Å². The molecule has 2 fully saturated rings. The molecule has 4 amide bonds. The summed E-state index contributed by atoms with van der Waals surface area (Å²) in [5.74, 6) is -3.41. The Bertz CT molecular complexity index is 2290. The Balaban J connectivity index is 0.000000194. The maximum absolute atomic E-state index is 12.7. The number of fused-ring (bicyclic) bond motifs is 3. The second-order valence-electron chi connectivity index (χ2n) is 13.0. The highest BCUT2D eigenvalue weighted by Gasteiger charge is 2.55. The van der Waals surface area contributed by atoms with Crippen molar-refractivity contribution in [1.29, 1.82) is 0 Å². The smallest absolute Gasteiger partial charge is 0.352 e. The Kier molecular flexibility index (Phi) is 12.1. The van der Waals surface area contributed by atoms with Crippen LogP contribution in [0.5, 0.6) is 5.75 Å². The maximum Gasteiger partial charge on any atom is 0.352 e. The summed E-state index contributed by atoms with van der Waals surface area (Å²) in [4.78, 5) is 80.2. The molecule has 11 N–H and O–H groups in total. The molecule has 1 aromatic heterocycles. The summed E-state index contributed by atoms with van der Waals surface area (Å²) in [7, 11) is 0. The first kappa shape index (κ1) is 41.0. The number of benzene rings is 2. The number of thioether (sulfide) groups is 2. The molecule has 20 heteroatoms. The molecule has 17 nitrogen and oxygen atoms in total. The lowest BCUT2D eigenvalue weighted by Crippen LogP contribution is -2.71. The first-order valence-electron chi connectivity index (χ1n) is 17.3. The van der Waals surface area contributed by atoms with Gasteiger partial charge in [0, 0.05) is 11.5 Å². The number of aromatic hydroxyl groups is 1. The first-order valence-corrected chi connectivity index (χ1v) is 20.2. The lowest BCUT2D eigenvalue weighted by atomic mass is 10.0. The molecule has 2 aromatic carbocycles. The zero-order valence-corrected chi connectivity index (χ0v) is 32.8. The van der Waals surface area contributed by atoms with E-state index in [1.807, 2.05) is 0 Å². The molecule has 5 heterocycles. The molecule has 7 rings (SSSR count). The van der Waals surface area contributed by atoms with E-state index in [-0.39, 0.29) is 17.1 Å². The number of rotatable bonds is 10. The quantitative estimate of drug-likeness (QED) is 0.135. The van der Waals surface area contributed by atoms with E-state index in [0.717, 1.165) is 10.2 Å². The molecule has 4 aliphatic heterocycles. The van der Waals surface area contributed by atoms with Crippen LogP contribution in [-0.2, 0) is 28.8 Å². The fourth-order valence-corrected chi connectivity index (χ4v) is 9.99. The minimum absolute atomic E-state index is 0.0371. The molecule has 0 saturated carbocycles.